The zero-order valence-electron chi connectivity index (χ0n) is 16.4. The van der Waals surface area contributed by atoms with Crippen molar-refractivity contribution in [2.24, 2.45) is 5.92 Å². The fraction of sp³-hybridized carbons (Fsp3) is 0.571. The highest BCUT2D eigenvalue weighted by Gasteiger charge is 2.29. The molecule has 0 aliphatic carbocycles. The van der Waals surface area contributed by atoms with E-state index in [-0.39, 0.29) is 18.0 Å². The minimum absolute atomic E-state index is 0.00609. The summed E-state index contributed by atoms with van der Waals surface area (Å²) in [5, 5.41) is 10.5. The van der Waals surface area contributed by atoms with Crippen molar-refractivity contribution in [3.63, 3.8) is 0 Å². The lowest BCUT2D eigenvalue weighted by atomic mass is 9.96. The molecule has 2 aliphatic rings. The van der Waals surface area contributed by atoms with Gasteiger partial charge in [-0.15, -0.1) is 0 Å². The van der Waals surface area contributed by atoms with E-state index in [4.69, 9.17) is 4.52 Å². The standard InChI is InChI=1S/C21H29N5O2/c1-15(21-24-19(25-28-21)17-8-3-2-4-9-17)26-12-6-7-16(14-26)13-23-20(27)18-10-5-11-22-18/h2-4,8-9,15-16,18,22H,5-7,10-14H2,1H3,(H,23,27). The molecule has 2 fully saturated rings. The zero-order chi connectivity index (χ0) is 19.3. The molecule has 3 atom stereocenters. The fourth-order valence-corrected chi connectivity index (χ4v) is 4.16. The number of aromatic nitrogens is 2. The second-order valence-electron chi connectivity index (χ2n) is 7.90. The number of carbonyl (C=O) groups excluding carboxylic acids is 1. The van der Waals surface area contributed by atoms with Crippen LogP contribution in [0.1, 0.15) is 44.5 Å². The highest BCUT2D eigenvalue weighted by Crippen LogP contribution is 2.27. The van der Waals surface area contributed by atoms with E-state index in [9.17, 15) is 4.79 Å². The topological polar surface area (TPSA) is 83.3 Å². The molecule has 3 heterocycles. The van der Waals surface area contributed by atoms with Crippen molar-refractivity contribution in [2.75, 3.05) is 26.2 Å². The molecule has 3 unspecified atom stereocenters. The van der Waals surface area contributed by atoms with Gasteiger partial charge in [0.05, 0.1) is 12.1 Å². The third kappa shape index (κ3) is 4.42. The Morgan fingerprint density at radius 3 is 2.96 bits per heavy atom. The average molecular weight is 383 g/mol. The molecular weight excluding hydrogens is 354 g/mol. The summed E-state index contributed by atoms with van der Waals surface area (Å²) < 4.78 is 5.55. The number of amides is 1. The highest BCUT2D eigenvalue weighted by atomic mass is 16.5. The van der Waals surface area contributed by atoms with Crippen LogP contribution >= 0.6 is 0 Å². The number of nitrogens with zero attached hydrogens (tertiary/aromatic N) is 3. The summed E-state index contributed by atoms with van der Waals surface area (Å²) in [5.74, 6) is 1.89. The lowest BCUT2D eigenvalue weighted by molar-refractivity contribution is -0.123. The summed E-state index contributed by atoms with van der Waals surface area (Å²) in [4.78, 5) is 19.2. The summed E-state index contributed by atoms with van der Waals surface area (Å²) in [6.45, 7) is 5.74. The Balaban J connectivity index is 1.32. The van der Waals surface area contributed by atoms with Gasteiger partial charge < -0.3 is 15.2 Å². The summed E-state index contributed by atoms with van der Waals surface area (Å²) in [6.07, 6.45) is 4.29. The number of piperidine rings is 1. The molecule has 1 amide bonds. The van der Waals surface area contributed by atoms with Gasteiger partial charge in [-0.1, -0.05) is 35.5 Å². The Kier molecular flexibility index (Phi) is 6.02. The Hall–Kier alpha value is -2.25. The van der Waals surface area contributed by atoms with Crippen molar-refractivity contribution in [1.82, 2.24) is 25.7 Å². The monoisotopic (exact) mass is 383 g/mol. The molecule has 2 aliphatic heterocycles. The molecule has 4 rings (SSSR count). The van der Waals surface area contributed by atoms with Gasteiger partial charge in [-0.25, -0.2) is 0 Å². The van der Waals surface area contributed by atoms with Crippen molar-refractivity contribution < 1.29 is 9.32 Å². The maximum atomic E-state index is 12.2. The number of hydrogen-bond donors (Lipinski definition) is 2. The smallest absolute Gasteiger partial charge is 0.244 e. The number of rotatable bonds is 6. The first kappa shape index (κ1) is 19.1. The van der Waals surface area contributed by atoms with Crippen LogP contribution in [0.5, 0.6) is 0 Å². The van der Waals surface area contributed by atoms with Crippen LogP contribution in [-0.4, -0.2) is 53.2 Å². The maximum Gasteiger partial charge on any atom is 0.244 e. The van der Waals surface area contributed by atoms with E-state index in [2.05, 4.69) is 32.6 Å². The van der Waals surface area contributed by atoms with Gasteiger partial charge in [-0.3, -0.25) is 9.69 Å². The van der Waals surface area contributed by atoms with Crippen LogP contribution in [0.4, 0.5) is 0 Å². The van der Waals surface area contributed by atoms with Crippen LogP contribution < -0.4 is 10.6 Å². The quantitative estimate of drug-likeness (QED) is 0.797. The van der Waals surface area contributed by atoms with E-state index in [1.165, 1.54) is 0 Å². The first-order valence-corrected chi connectivity index (χ1v) is 10.3. The summed E-state index contributed by atoms with van der Waals surface area (Å²) in [5.41, 5.74) is 0.962. The van der Waals surface area contributed by atoms with Gasteiger partial charge in [-0.2, -0.15) is 4.98 Å². The molecule has 1 aromatic heterocycles. The van der Waals surface area contributed by atoms with E-state index in [0.717, 1.165) is 57.4 Å². The third-order valence-corrected chi connectivity index (χ3v) is 5.87. The Bertz CT molecular complexity index is 772. The predicted octanol–water partition coefficient (Wildman–Crippen LogP) is 2.38. The molecule has 1 aromatic carbocycles. The summed E-state index contributed by atoms with van der Waals surface area (Å²) >= 11 is 0. The van der Waals surface area contributed by atoms with Gasteiger partial charge in [0.15, 0.2) is 0 Å². The van der Waals surface area contributed by atoms with Crippen molar-refractivity contribution in [3.8, 4) is 11.4 Å². The normalized spacial score (nSPS) is 24.2. The van der Waals surface area contributed by atoms with Crippen LogP contribution in [0.25, 0.3) is 11.4 Å². The van der Waals surface area contributed by atoms with Crippen LogP contribution in [0, 0.1) is 5.92 Å². The van der Waals surface area contributed by atoms with Crippen molar-refractivity contribution >= 4 is 5.91 Å². The molecule has 150 valence electrons. The Morgan fingerprint density at radius 2 is 2.18 bits per heavy atom. The molecule has 2 saturated heterocycles. The predicted molar refractivity (Wildman–Crippen MR) is 106 cm³/mol. The van der Waals surface area contributed by atoms with E-state index in [1.807, 2.05) is 30.3 Å². The van der Waals surface area contributed by atoms with Gasteiger partial charge in [0, 0.05) is 18.7 Å². The molecule has 0 bridgehead atoms. The Morgan fingerprint density at radius 1 is 1.32 bits per heavy atom. The van der Waals surface area contributed by atoms with Crippen LogP contribution in [0.15, 0.2) is 34.9 Å². The average Bonchev–Trinajstić information content (AvgIpc) is 3.45. The number of nitrogens with one attached hydrogen (secondary N) is 2. The van der Waals surface area contributed by atoms with E-state index >= 15 is 0 Å². The molecule has 0 radical (unpaired) electrons. The van der Waals surface area contributed by atoms with Crippen molar-refractivity contribution in [1.29, 1.82) is 0 Å². The number of likely N-dealkylation sites (tertiary alicyclic amines) is 1. The van der Waals surface area contributed by atoms with Crippen molar-refractivity contribution in [2.45, 2.75) is 44.7 Å². The fourth-order valence-electron chi connectivity index (χ4n) is 4.16. The lowest BCUT2D eigenvalue weighted by Crippen LogP contribution is -2.45. The largest absolute Gasteiger partial charge is 0.354 e. The summed E-state index contributed by atoms with van der Waals surface area (Å²) in [6, 6.07) is 9.95. The number of benzene rings is 1. The number of carbonyl (C=O) groups is 1. The van der Waals surface area contributed by atoms with E-state index in [1.54, 1.807) is 0 Å². The first-order chi connectivity index (χ1) is 13.7. The van der Waals surface area contributed by atoms with Gasteiger partial charge in [0.1, 0.15) is 0 Å². The molecule has 28 heavy (non-hydrogen) atoms. The minimum atomic E-state index is -0.00609. The van der Waals surface area contributed by atoms with Crippen molar-refractivity contribution in [3.05, 3.63) is 36.2 Å². The van der Waals surface area contributed by atoms with Crippen LogP contribution in [0.2, 0.25) is 0 Å². The van der Waals surface area contributed by atoms with E-state index < -0.39 is 0 Å². The second kappa shape index (κ2) is 8.84. The molecule has 2 aromatic rings. The van der Waals surface area contributed by atoms with Gasteiger partial charge >= 0.3 is 0 Å². The molecule has 2 N–H and O–H groups in total. The van der Waals surface area contributed by atoms with Crippen LogP contribution in [0.3, 0.4) is 0 Å². The van der Waals surface area contributed by atoms with Gasteiger partial charge in [-0.05, 0) is 51.6 Å². The lowest BCUT2D eigenvalue weighted by Gasteiger charge is -2.35. The molecule has 7 nitrogen and oxygen atoms in total. The van der Waals surface area contributed by atoms with Gasteiger partial charge in [0.2, 0.25) is 17.6 Å². The molecule has 7 heteroatoms. The third-order valence-electron chi connectivity index (χ3n) is 5.87. The molecular formula is C21H29N5O2. The van der Waals surface area contributed by atoms with Gasteiger partial charge in [0.25, 0.3) is 0 Å². The first-order valence-electron chi connectivity index (χ1n) is 10.3. The number of hydrogen-bond acceptors (Lipinski definition) is 6. The Labute approximate surface area is 165 Å². The second-order valence-corrected chi connectivity index (χ2v) is 7.90. The zero-order valence-corrected chi connectivity index (χ0v) is 16.4. The summed E-state index contributed by atoms with van der Waals surface area (Å²) in [7, 11) is 0. The minimum Gasteiger partial charge on any atom is -0.354 e. The van der Waals surface area contributed by atoms with Crippen LogP contribution in [-0.2, 0) is 4.79 Å². The SMILES string of the molecule is CC(c1nc(-c2ccccc2)no1)N1CCCC(CNC(=O)C2CCCN2)C1. The molecule has 0 spiro atoms. The maximum absolute atomic E-state index is 12.2. The van der Waals surface area contributed by atoms with E-state index in [0.29, 0.717) is 17.6 Å². The molecule has 0 saturated carbocycles. The highest BCUT2D eigenvalue weighted by molar-refractivity contribution is 5.81.